The summed E-state index contributed by atoms with van der Waals surface area (Å²) < 4.78 is 1.44. The predicted molar refractivity (Wildman–Crippen MR) is 120 cm³/mol. The second kappa shape index (κ2) is 9.07. The molecule has 1 aromatic heterocycles. The molecule has 1 heterocycles. The fourth-order valence-corrected chi connectivity index (χ4v) is 5.19. The Morgan fingerprint density at radius 1 is 1.00 bits per heavy atom. The zero-order chi connectivity index (χ0) is 22.0. The highest BCUT2D eigenvalue weighted by molar-refractivity contribution is 8.00. The van der Waals surface area contributed by atoms with Crippen LogP contribution in [-0.2, 0) is 0 Å². The quantitative estimate of drug-likeness (QED) is 0.311. The van der Waals surface area contributed by atoms with Crippen LogP contribution in [0, 0.1) is 20.2 Å². The minimum atomic E-state index is -0.649. The molecule has 0 saturated heterocycles. The van der Waals surface area contributed by atoms with Crippen molar-refractivity contribution < 1.29 is 9.85 Å². The number of nitrogens with zero attached hydrogens (tertiary/aromatic N) is 4. The number of rotatable bonds is 6. The fraction of sp³-hybridized carbons (Fsp3) is 0.286. The van der Waals surface area contributed by atoms with Crippen LogP contribution in [0.3, 0.4) is 0 Å². The van der Waals surface area contributed by atoms with Gasteiger partial charge in [-0.05, 0) is 31.0 Å². The van der Waals surface area contributed by atoms with Gasteiger partial charge in [0.05, 0.1) is 20.8 Å². The molecule has 0 radical (unpaired) electrons. The molecule has 3 aromatic rings. The van der Waals surface area contributed by atoms with Crippen LogP contribution in [0.2, 0.25) is 5.02 Å². The lowest BCUT2D eigenvalue weighted by Crippen LogP contribution is -2.07. The molecule has 0 atom stereocenters. The number of nitro groups is 2. The molecule has 0 aliphatic heterocycles. The van der Waals surface area contributed by atoms with Crippen molar-refractivity contribution in [2.45, 2.75) is 42.2 Å². The summed E-state index contributed by atoms with van der Waals surface area (Å²) in [7, 11) is 0. The lowest BCUT2D eigenvalue weighted by molar-refractivity contribution is -0.394. The molecule has 0 bridgehead atoms. The maximum atomic E-state index is 11.6. The van der Waals surface area contributed by atoms with Crippen molar-refractivity contribution in [3.05, 3.63) is 73.9 Å². The van der Waals surface area contributed by atoms with E-state index in [4.69, 9.17) is 11.6 Å². The van der Waals surface area contributed by atoms with E-state index < -0.39 is 9.85 Å². The van der Waals surface area contributed by atoms with Crippen molar-refractivity contribution in [3.63, 3.8) is 0 Å². The fourth-order valence-electron chi connectivity index (χ4n) is 3.70. The Hall–Kier alpha value is -2.91. The monoisotopic (exact) mass is 458 g/mol. The molecule has 0 unspecified atom stereocenters. The van der Waals surface area contributed by atoms with Crippen LogP contribution in [-0.4, -0.2) is 24.9 Å². The lowest BCUT2D eigenvalue weighted by Gasteiger charge is -2.20. The molecule has 8 nitrogen and oxygen atoms in total. The Morgan fingerprint density at radius 3 is 2.35 bits per heavy atom. The van der Waals surface area contributed by atoms with E-state index in [9.17, 15) is 20.2 Å². The zero-order valence-corrected chi connectivity index (χ0v) is 18.0. The second-order valence-corrected chi connectivity index (χ2v) is 9.14. The first-order valence-electron chi connectivity index (χ1n) is 9.88. The van der Waals surface area contributed by atoms with E-state index in [2.05, 4.69) is 5.10 Å². The van der Waals surface area contributed by atoms with E-state index in [1.54, 1.807) is 30.1 Å². The number of non-ortho nitro benzene ring substituents is 1. The zero-order valence-electron chi connectivity index (χ0n) is 16.4. The summed E-state index contributed by atoms with van der Waals surface area (Å²) in [5, 5.41) is 28.4. The van der Waals surface area contributed by atoms with E-state index in [1.165, 1.54) is 36.1 Å². The SMILES string of the molecule is O=[N+]([O-])c1ccc(-n2cc(SC3CCCCC3)c(-c3ccc(Cl)cc3)n2)c([N+](=O)[O-])c1. The Labute approximate surface area is 187 Å². The molecule has 10 heteroatoms. The Morgan fingerprint density at radius 2 is 1.71 bits per heavy atom. The van der Waals surface area contributed by atoms with Gasteiger partial charge in [-0.2, -0.15) is 5.10 Å². The number of hydrogen-bond acceptors (Lipinski definition) is 6. The third-order valence-electron chi connectivity index (χ3n) is 5.26. The van der Waals surface area contributed by atoms with E-state index >= 15 is 0 Å². The molecule has 0 amide bonds. The van der Waals surface area contributed by atoms with Gasteiger partial charge in [0.25, 0.3) is 5.69 Å². The van der Waals surface area contributed by atoms with Crippen LogP contribution < -0.4 is 0 Å². The highest BCUT2D eigenvalue weighted by Gasteiger charge is 2.24. The minimum absolute atomic E-state index is 0.182. The average molecular weight is 459 g/mol. The second-order valence-electron chi connectivity index (χ2n) is 7.36. The number of halogens is 1. The van der Waals surface area contributed by atoms with E-state index in [1.807, 2.05) is 12.1 Å². The standard InChI is InChI=1S/C21H19ClN4O4S/c22-15-8-6-14(7-9-15)21-20(31-17-4-2-1-3-5-17)13-24(23-21)18-11-10-16(25(27)28)12-19(18)26(29)30/h6-13,17H,1-5H2. The summed E-state index contributed by atoms with van der Waals surface area (Å²) in [6.07, 6.45) is 7.64. The summed E-state index contributed by atoms with van der Waals surface area (Å²) in [5.74, 6) is 0. The van der Waals surface area contributed by atoms with E-state index in [0.29, 0.717) is 16.0 Å². The van der Waals surface area contributed by atoms with Crippen LogP contribution in [0.25, 0.3) is 16.9 Å². The van der Waals surface area contributed by atoms with Crippen molar-refractivity contribution in [2.24, 2.45) is 0 Å². The third-order valence-corrected chi connectivity index (χ3v) is 6.87. The van der Waals surface area contributed by atoms with Crippen molar-refractivity contribution >= 4 is 34.7 Å². The van der Waals surface area contributed by atoms with Gasteiger partial charge in [-0.3, -0.25) is 20.2 Å². The molecular formula is C21H19ClN4O4S. The average Bonchev–Trinajstić information content (AvgIpc) is 3.18. The largest absolute Gasteiger partial charge is 0.301 e. The number of nitro benzene ring substituents is 2. The summed E-state index contributed by atoms with van der Waals surface area (Å²) in [4.78, 5) is 22.3. The molecule has 1 fully saturated rings. The minimum Gasteiger partial charge on any atom is -0.258 e. The predicted octanol–water partition coefficient (Wildman–Crippen LogP) is 6.43. The normalized spacial score (nSPS) is 14.5. The molecule has 160 valence electrons. The van der Waals surface area contributed by atoms with Crippen LogP contribution in [0.5, 0.6) is 0 Å². The smallest absolute Gasteiger partial charge is 0.258 e. The number of hydrogen-bond donors (Lipinski definition) is 0. The molecule has 0 spiro atoms. The summed E-state index contributed by atoms with van der Waals surface area (Å²) in [5.41, 5.74) is 1.04. The molecule has 0 N–H and O–H groups in total. The maximum absolute atomic E-state index is 11.6. The maximum Gasteiger partial charge on any atom is 0.301 e. The first kappa shape index (κ1) is 21.3. The lowest BCUT2D eigenvalue weighted by atomic mass is 10.0. The summed E-state index contributed by atoms with van der Waals surface area (Å²) in [6.45, 7) is 0. The number of aromatic nitrogens is 2. The summed E-state index contributed by atoms with van der Waals surface area (Å²) in [6, 6.07) is 10.9. The van der Waals surface area contributed by atoms with Gasteiger partial charge in [0.2, 0.25) is 0 Å². The highest BCUT2D eigenvalue weighted by Crippen LogP contribution is 2.40. The van der Waals surface area contributed by atoms with E-state index in [-0.39, 0.29) is 17.1 Å². The van der Waals surface area contributed by atoms with Gasteiger partial charge in [0.15, 0.2) is 0 Å². The van der Waals surface area contributed by atoms with Crippen molar-refractivity contribution in [2.75, 3.05) is 0 Å². The molecule has 1 aliphatic rings. The Bertz CT molecular complexity index is 1130. The van der Waals surface area contributed by atoms with Crippen LogP contribution in [0.15, 0.2) is 53.6 Å². The first-order valence-corrected chi connectivity index (χ1v) is 11.1. The van der Waals surface area contributed by atoms with E-state index in [0.717, 1.165) is 29.4 Å². The van der Waals surface area contributed by atoms with Crippen molar-refractivity contribution in [1.82, 2.24) is 9.78 Å². The third kappa shape index (κ3) is 4.72. The van der Waals surface area contributed by atoms with Gasteiger partial charge in [-0.1, -0.05) is 43.0 Å². The Balaban J connectivity index is 1.80. The number of benzene rings is 2. The van der Waals surface area contributed by atoms with Gasteiger partial charge in [-0.25, -0.2) is 4.68 Å². The first-order chi connectivity index (χ1) is 14.9. The Kier molecular flexibility index (Phi) is 6.24. The van der Waals surface area contributed by atoms with Gasteiger partial charge < -0.3 is 0 Å². The molecular weight excluding hydrogens is 440 g/mol. The van der Waals surface area contributed by atoms with Gasteiger partial charge >= 0.3 is 5.69 Å². The van der Waals surface area contributed by atoms with Crippen LogP contribution >= 0.6 is 23.4 Å². The van der Waals surface area contributed by atoms with Crippen LogP contribution in [0.1, 0.15) is 32.1 Å². The van der Waals surface area contributed by atoms with Crippen molar-refractivity contribution in [1.29, 1.82) is 0 Å². The van der Waals surface area contributed by atoms with Gasteiger partial charge in [0.1, 0.15) is 11.4 Å². The molecule has 1 saturated carbocycles. The van der Waals surface area contributed by atoms with Gasteiger partial charge in [-0.15, -0.1) is 11.8 Å². The van der Waals surface area contributed by atoms with Gasteiger partial charge in [0, 0.05) is 28.1 Å². The van der Waals surface area contributed by atoms with Crippen molar-refractivity contribution in [3.8, 4) is 16.9 Å². The molecule has 1 aliphatic carbocycles. The molecule has 31 heavy (non-hydrogen) atoms. The highest BCUT2D eigenvalue weighted by atomic mass is 35.5. The van der Waals surface area contributed by atoms with Crippen LogP contribution in [0.4, 0.5) is 11.4 Å². The molecule has 4 rings (SSSR count). The molecule has 2 aromatic carbocycles. The summed E-state index contributed by atoms with van der Waals surface area (Å²) >= 11 is 7.76. The number of thioether (sulfide) groups is 1. The topological polar surface area (TPSA) is 104 Å².